The zero-order chi connectivity index (χ0) is 21.3. The number of carbonyl (C=O) groups excluding carboxylic acids is 1. The van der Waals surface area contributed by atoms with Crippen LogP contribution in [0.3, 0.4) is 0 Å². The molecule has 158 valence electrons. The van der Waals surface area contributed by atoms with Crippen molar-refractivity contribution in [3.8, 4) is 6.07 Å². The van der Waals surface area contributed by atoms with Crippen LogP contribution >= 0.6 is 12.2 Å². The highest BCUT2D eigenvalue weighted by molar-refractivity contribution is 7.71. The van der Waals surface area contributed by atoms with Crippen molar-refractivity contribution in [1.82, 2.24) is 24.6 Å². The number of aromatic nitrogens is 4. The van der Waals surface area contributed by atoms with E-state index in [0.29, 0.717) is 22.7 Å². The summed E-state index contributed by atoms with van der Waals surface area (Å²) < 4.78 is 4.92. The number of nitrogens with zero attached hydrogens (tertiary/aromatic N) is 4. The molecule has 2 saturated carbocycles. The number of hydrogen-bond acceptors (Lipinski definition) is 4. The number of amides is 1. The van der Waals surface area contributed by atoms with Gasteiger partial charge >= 0.3 is 0 Å². The molecule has 7 nitrogen and oxygen atoms in total. The average Bonchev–Trinajstić information content (AvgIpc) is 3.45. The minimum Gasteiger partial charge on any atom is -0.346 e. The van der Waals surface area contributed by atoms with Gasteiger partial charge in [-0.15, -0.1) is 0 Å². The summed E-state index contributed by atoms with van der Waals surface area (Å²) in [6.45, 7) is 4.42. The van der Waals surface area contributed by atoms with Gasteiger partial charge < -0.3 is 9.88 Å². The highest BCUT2D eigenvalue weighted by Crippen LogP contribution is 2.36. The normalized spacial score (nSPS) is 17.7. The predicted molar refractivity (Wildman–Crippen MR) is 117 cm³/mol. The fourth-order valence-electron chi connectivity index (χ4n) is 4.58. The standard InChI is InChI=1S/C22H28N6OS/c1-14-10-16(15(2)27(14)18-6-4-3-5-7-18)11-17(12-23)21(29)24-13-20-25-26-22(30)28(20)19-8-9-19/h10-11,18-19H,3-9,13H2,1-2H3,(H,24,29)(H,26,30)/b17-11-. The number of rotatable bonds is 6. The van der Waals surface area contributed by atoms with Gasteiger partial charge in [-0.25, -0.2) is 0 Å². The van der Waals surface area contributed by atoms with Gasteiger partial charge in [0.05, 0.1) is 6.54 Å². The number of nitrogens with one attached hydrogen (secondary N) is 2. The van der Waals surface area contributed by atoms with Crippen LogP contribution in [0.25, 0.3) is 6.08 Å². The molecule has 30 heavy (non-hydrogen) atoms. The molecule has 2 aliphatic rings. The topological polar surface area (TPSA) is 91.4 Å². The van der Waals surface area contributed by atoms with Crippen molar-refractivity contribution in [2.75, 3.05) is 0 Å². The quantitative estimate of drug-likeness (QED) is 0.408. The van der Waals surface area contributed by atoms with Gasteiger partial charge in [-0.3, -0.25) is 14.5 Å². The minimum absolute atomic E-state index is 0.103. The molecule has 1 amide bonds. The van der Waals surface area contributed by atoms with Crippen LogP contribution in [0.5, 0.6) is 0 Å². The van der Waals surface area contributed by atoms with E-state index in [1.807, 2.05) is 4.57 Å². The number of hydrogen-bond donors (Lipinski definition) is 2. The third kappa shape index (κ3) is 4.12. The summed E-state index contributed by atoms with van der Waals surface area (Å²) in [4.78, 5) is 12.7. The van der Waals surface area contributed by atoms with Crippen molar-refractivity contribution < 1.29 is 4.79 Å². The number of carbonyl (C=O) groups is 1. The van der Waals surface area contributed by atoms with Gasteiger partial charge in [0.1, 0.15) is 11.6 Å². The molecule has 2 fully saturated rings. The molecule has 0 radical (unpaired) electrons. The summed E-state index contributed by atoms with van der Waals surface area (Å²) in [5, 5.41) is 19.4. The summed E-state index contributed by atoms with van der Waals surface area (Å²) in [6, 6.07) is 5.03. The summed E-state index contributed by atoms with van der Waals surface area (Å²) in [5.41, 5.74) is 3.34. The Labute approximate surface area is 181 Å². The molecule has 2 heterocycles. The van der Waals surface area contributed by atoms with Crippen molar-refractivity contribution in [2.45, 2.75) is 77.4 Å². The molecule has 2 aromatic heterocycles. The van der Waals surface area contributed by atoms with Crippen molar-refractivity contribution >= 4 is 24.2 Å². The predicted octanol–water partition coefficient (Wildman–Crippen LogP) is 4.42. The maximum Gasteiger partial charge on any atom is 0.262 e. The summed E-state index contributed by atoms with van der Waals surface area (Å²) in [6.07, 6.45) is 10.1. The average molecular weight is 425 g/mol. The zero-order valence-electron chi connectivity index (χ0n) is 17.6. The molecule has 2 aliphatic carbocycles. The zero-order valence-corrected chi connectivity index (χ0v) is 18.4. The maximum absolute atomic E-state index is 12.7. The van der Waals surface area contributed by atoms with Crippen molar-refractivity contribution in [2.24, 2.45) is 0 Å². The summed E-state index contributed by atoms with van der Waals surface area (Å²) >= 11 is 5.28. The van der Waals surface area contributed by atoms with Crippen LogP contribution in [0.15, 0.2) is 11.6 Å². The highest BCUT2D eigenvalue weighted by Gasteiger charge is 2.27. The van der Waals surface area contributed by atoms with Gasteiger partial charge in [0.25, 0.3) is 5.91 Å². The third-order valence-corrected chi connectivity index (χ3v) is 6.51. The second kappa shape index (κ2) is 8.60. The smallest absolute Gasteiger partial charge is 0.262 e. The first-order chi connectivity index (χ1) is 14.5. The van der Waals surface area contributed by atoms with E-state index in [4.69, 9.17) is 12.2 Å². The number of nitriles is 1. The Balaban J connectivity index is 1.50. The first-order valence-electron chi connectivity index (χ1n) is 10.7. The monoisotopic (exact) mass is 424 g/mol. The third-order valence-electron chi connectivity index (χ3n) is 6.22. The fourth-order valence-corrected chi connectivity index (χ4v) is 4.88. The first-order valence-corrected chi connectivity index (χ1v) is 11.1. The molecule has 0 aromatic carbocycles. The van der Waals surface area contributed by atoms with Crippen LogP contribution in [0.2, 0.25) is 0 Å². The SMILES string of the molecule is Cc1cc(/C=C(/C#N)C(=O)NCc2n[nH]c(=S)n2C2CC2)c(C)n1C1CCCCC1. The van der Waals surface area contributed by atoms with Gasteiger partial charge in [0, 0.05) is 23.5 Å². The Morgan fingerprint density at radius 2 is 1.97 bits per heavy atom. The molecular formula is C22H28N6OS. The van der Waals surface area contributed by atoms with E-state index >= 15 is 0 Å². The molecule has 2 N–H and O–H groups in total. The van der Waals surface area contributed by atoms with E-state index in [2.05, 4.69) is 46.1 Å². The molecule has 0 unspecified atom stereocenters. The van der Waals surface area contributed by atoms with Crippen LogP contribution in [0.1, 0.15) is 79.8 Å². The first kappa shape index (κ1) is 20.6. The van der Waals surface area contributed by atoms with Crippen LogP contribution in [-0.2, 0) is 11.3 Å². The molecule has 0 atom stereocenters. The van der Waals surface area contributed by atoms with Crippen LogP contribution < -0.4 is 5.32 Å². The lowest BCUT2D eigenvalue weighted by Crippen LogP contribution is -2.25. The van der Waals surface area contributed by atoms with Crippen LogP contribution in [-0.4, -0.2) is 25.2 Å². The lowest BCUT2D eigenvalue weighted by molar-refractivity contribution is -0.117. The molecule has 4 rings (SSSR count). The lowest BCUT2D eigenvalue weighted by Gasteiger charge is -2.26. The Bertz CT molecular complexity index is 1070. The summed E-state index contributed by atoms with van der Waals surface area (Å²) in [5.74, 6) is 0.305. The summed E-state index contributed by atoms with van der Waals surface area (Å²) in [7, 11) is 0. The van der Waals surface area contributed by atoms with E-state index in [1.165, 1.54) is 37.8 Å². The molecule has 8 heteroatoms. The minimum atomic E-state index is -0.392. The largest absolute Gasteiger partial charge is 0.346 e. The number of aryl methyl sites for hydroxylation is 1. The van der Waals surface area contributed by atoms with Gasteiger partial charge in [-0.2, -0.15) is 10.4 Å². The molecular weight excluding hydrogens is 396 g/mol. The van der Waals surface area contributed by atoms with E-state index in [0.717, 1.165) is 24.1 Å². The molecule has 2 aromatic rings. The Hall–Kier alpha value is -2.66. The van der Waals surface area contributed by atoms with Gasteiger partial charge in [0.15, 0.2) is 10.6 Å². The second-order valence-electron chi connectivity index (χ2n) is 8.39. The van der Waals surface area contributed by atoms with E-state index in [9.17, 15) is 10.1 Å². The fraction of sp³-hybridized carbons (Fsp3) is 0.545. The molecule has 0 saturated heterocycles. The van der Waals surface area contributed by atoms with Crippen LogP contribution in [0, 0.1) is 29.9 Å². The van der Waals surface area contributed by atoms with Gasteiger partial charge in [-0.05, 0) is 69.5 Å². The number of aromatic amines is 1. The Morgan fingerprint density at radius 3 is 2.63 bits per heavy atom. The number of H-pyrrole nitrogens is 1. The molecule has 0 aliphatic heterocycles. The Morgan fingerprint density at radius 1 is 1.27 bits per heavy atom. The molecule has 0 bridgehead atoms. The van der Waals surface area contributed by atoms with Crippen molar-refractivity contribution in [1.29, 1.82) is 5.26 Å². The molecule has 0 spiro atoms. The van der Waals surface area contributed by atoms with E-state index in [-0.39, 0.29) is 12.1 Å². The van der Waals surface area contributed by atoms with Crippen LogP contribution in [0.4, 0.5) is 0 Å². The maximum atomic E-state index is 12.7. The van der Waals surface area contributed by atoms with E-state index < -0.39 is 5.91 Å². The van der Waals surface area contributed by atoms with Crippen molar-refractivity contribution in [3.05, 3.63) is 39.2 Å². The second-order valence-corrected chi connectivity index (χ2v) is 8.77. The van der Waals surface area contributed by atoms with E-state index in [1.54, 1.807) is 6.08 Å². The lowest BCUT2D eigenvalue weighted by atomic mass is 9.95. The highest BCUT2D eigenvalue weighted by atomic mass is 32.1. The van der Waals surface area contributed by atoms with Gasteiger partial charge in [0.2, 0.25) is 0 Å². The Kier molecular flexibility index (Phi) is 5.91. The van der Waals surface area contributed by atoms with Gasteiger partial charge in [-0.1, -0.05) is 19.3 Å². The van der Waals surface area contributed by atoms with Crippen molar-refractivity contribution in [3.63, 3.8) is 0 Å².